The van der Waals surface area contributed by atoms with Crippen molar-refractivity contribution in [3.05, 3.63) is 88.5 Å². The predicted octanol–water partition coefficient (Wildman–Crippen LogP) is 9.25. The maximum absolute atomic E-state index is 12.6. The molecule has 2 N–H and O–H groups in total. The first-order chi connectivity index (χ1) is 22.6. The van der Waals surface area contributed by atoms with Gasteiger partial charge in [-0.3, -0.25) is 19.4 Å². The Bertz CT molecular complexity index is 1680. The minimum Gasteiger partial charge on any atom is -0.443 e. The molecule has 9 nitrogen and oxygen atoms in total. The van der Waals surface area contributed by atoms with Gasteiger partial charge < -0.3 is 15.2 Å². The number of hydrogen-bond donors (Lipinski definition) is 1. The summed E-state index contributed by atoms with van der Waals surface area (Å²) < 4.78 is 11.0. The van der Waals surface area contributed by atoms with Crippen molar-refractivity contribution in [2.45, 2.75) is 113 Å². The van der Waals surface area contributed by atoms with Crippen molar-refractivity contribution in [2.24, 2.45) is 5.92 Å². The first-order valence-electron chi connectivity index (χ1n) is 16.8. The van der Waals surface area contributed by atoms with Gasteiger partial charge in [0.1, 0.15) is 11.2 Å². The normalized spacial score (nSPS) is 18.6. The van der Waals surface area contributed by atoms with Crippen LogP contribution in [0.5, 0.6) is 0 Å². The predicted molar refractivity (Wildman–Crippen MR) is 197 cm³/mol. The summed E-state index contributed by atoms with van der Waals surface area (Å²) in [7, 11) is 0. The third-order valence-corrected chi connectivity index (χ3v) is 8.36. The van der Waals surface area contributed by atoms with Crippen LogP contribution in [0.25, 0.3) is 0 Å². The van der Waals surface area contributed by atoms with Crippen molar-refractivity contribution in [2.75, 3.05) is 15.5 Å². The van der Waals surface area contributed by atoms with Crippen LogP contribution >= 0.6 is 0 Å². The number of nitrogens with two attached hydrogens (primary N) is 1. The molecule has 0 radical (unpaired) electrons. The van der Waals surface area contributed by atoms with Crippen molar-refractivity contribution in [3.8, 4) is 0 Å². The average Bonchev–Trinajstić information content (AvgIpc) is 2.97. The summed E-state index contributed by atoms with van der Waals surface area (Å²) in [5.74, 6) is -0.0798. The standard InChI is InChI=1S/C17H23NO3.C16H21NO3.C7H9N/c1-10-8-7-9-13-14(10)18(12(3)11(2)15(13)19)16(20)21-17(4,5)6;1-10-7-6-8-12-13(18)9-11(2)17(14(10)12)15(19)20-16(3,4)5;1-6-4-2-3-5-7(6)8/h7-9,11-12H,1-6H3;6-8,11H,9H2,1-5H3;2-5H,8H2,1H3. The van der Waals surface area contributed by atoms with E-state index < -0.39 is 23.4 Å². The Hall–Kier alpha value is -4.66. The number of carbonyl (C=O) groups is 4. The monoisotopic (exact) mass is 671 g/mol. The molecule has 0 spiro atoms. The van der Waals surface area contributed by atoms with Crippen LogP contribution in [0.1, 0.15) is 106 Å². The molecule has 2 aliphatic heterocycles. The van der Waals surface area contributed by atoms with Gasteiger partial charge in [0.2, 0.25) is 0 Å². The van der Waals surface area contributed by atoms with Crippen molar-refractivity contribution >= 4 is 40.8 Å². The van der Waals surface area contributed by atoms with E-state index in [0.717, 1.165) is 22.4 Å². The van der Waals surface area contributed by atoms with Crippen molar-refractivity contribution < 1.29 is 28.7 Å². The minimum absolute atomic E-state index is 0.0796. The molecule has 0 saturated carbocycles. The Kier molecular flexibility index (Phi) is 12.1. The van der Waals surface area contributed by atoms with E-state index in [-0.39, 0.29) is 29.6 Å². The number of hydrogen-bond acceptors (Lipinski definition) is 7. The van der Waals surface area contributed by atoms with Crippen LogP contribution in [0.15, 0.2) is 60.7 Å². The molecule has 5 rings (SSSR count). The number of para-hydroxylation sites is 3. The third-order valence-electron chi connectivity index (χ3n) is 8.36. The molecular formula is C40H53N3O6. The number of nitrogens with zero attached hydrogens (tertiary/aromatic N) is 2. The molecule has 0 fully saturated rings. The Balaban J connectivity index is 0.000000217. The van der Waals surface area contributed by atoms with Gasteiger partial charge in [-0.25, -0.2) is 9.59 Å². The van der Waals surface area contributed by atoms with Gasteiger partial charge in [-0.2, -0.15) is 0 Å². The molecular weight excluding hydrogens is 618 g/mol. The SMILES string of the molecule is Cc1cccc2c1N(C(=O)OC(C)(C)C)C(C)C(C)C2=O.Cc1cccc2c1N(C(=O)OC(C)(C)C)C(C)CC2=O.Cc1ccccc1N. The quantitative estimate of drug-likeness (QED) is 0.237. The molecule has 0 aliphatic carbocycles. The smallest absolute Gasteiger partial charge is 0.415 e. The highest BCUT2D eigenvalue weighted by Gasteiger charge is 2.41. The van der Waals surface area contributed by atoms with E-state index in [1.54, 1.807) is 21.9 Å². The number of Topliss-reactive ketones (excluding diaryl/α,β-unsaturated/α-hetero) is 2. The molecule has 49 heavy (non-hydrogen) atoms. The number of carbonyl (C=O) groups excluding carboxylic acids is 4. The highest BCUT2D eigenvalue weighted by Crippen LogP contribution is 2.37. The number of aryl methyl sites for hydroxylation is 3. The van der Waals surface area contributed by atoms with Crippen LogP contribution in [0.4, 0.5) is 26.7 Å². The molecule has 2 heterocycles. The van der Waals surface area contributed by atoms with Crippen molar-refractivity contribution in [1.29, 1.82) is 0 Å². The first kappa shape index (κ1) is 38.8. The molecule has 2 aliphatic rings. The second-order valence-electron chi connectivity index (χ2n) is 14.9. The Morgan fingerprint density at radius 2 is 1.12 bits per heavy atom. The maximum Gasteiger partial charge on any atom is 0.415 e. The molecule has 3 aromatic rings. The van der Waals surface area contributed by atoms with E-state index in [1.165, 1.54) is 0 Å². The minimum atomic E-state index is -0.565. The van der Waals surface area contributed by atoms with Crippen LogP contribution in [0.3, 0.4) is 0 Å². The third kappa shape index (κ3) is 9.49. The average molecular weight is 672 g/mol. The fourth-order valence-corrected chi connectivity index (χ4v) is 5.70. The molecule has 3 unspecified atom stereocenters. The number of rotatable bonds is 0. The zero-order valence-electron chi connectivity index (χ0n) is 31.1. The van der Waals surface area contributed by atoms with Gasteiger partial charge in [-0.05, 0) is 111 Å². The summed E-state index contributed by atoms with van der Waals surface area (Å²) in [5.41, 5.74) is 10.8. The van der Waals surface area contributed by atoms with E-state index in [4.69, 9.17) is 15.2 Å². The number of ketones is 2. The van der Waals surface area contributed by atoms with Gasteiger partial charge in [0.15, 0.2) is 11.6 Å². The number of amides is 2. The molecule has 0 aromatic heterocycles. The molecule has 3 atom stereocenters. The maximum atomic E-state index is 12.6. The topological polar surface area (TPSA) is 119 Å². The second kappa shape index (κ2) is 15.3. The van der Waals surface area contributed by atoms with Crippen LogP contribution in [-0.4, -0.2) is 47.0 Å². The van der Waals surface area contributed by atoms with Crippen LogP contribution in [0.2, 0.25) is 0 Å². The summed E-state index contributed by atoms with van der Waals surface area (Å²) in [6.45, 7) is 22.5. The lowest BCUT2D eigenvalue weighted by atomic mass is 9.85. The van der Waals surface area contributed by atoms with Crippen LogP contribution in [-0.2, 0) is 9.47 Å². The highest BCUT2D eigenvalue weighted by atomic mass is 16.6. The molecule has 9 heteroatoms. The molecule has 2 amide bonds. The van der Waals surface area contributed by atoms with Crippen molar-refractivity contribution in [3.63, 3.8) is 0 Å². The summed E-state index contributed by atoms with van der Waals surface area (Å²) in [6.07, 6.45) is -0.465. The lowest BCUT2D eigenvalue weighted by Crippen LogP contribution is -2.50. The lowest BCUT2D eigenvalue weighted by molar-refractivity contribution is 0.0541. The van der Waals surface area contributed by atoms with Gasteiger partial charge in [-0.1, -0.05) is 49.4 Å². The van der Waals surface area contributed by atoms with E-state index in [2.05, 4.69) is 0 Å². The van der Waals surface area contributed by atoms with Gasteiger partial charge in [0.05, 0.1) is 11.4 Å². The highest BCUT2D eigenvalue weighted by molar-refractivity contribution is 6.10. The largest absolute Gasteiger partial charge is 0.443 e. The van der Waals surface area contributed by atoms with Gasteiger partial charge >= 0.3 is 12.2 Å². The molecule has 0 saturated heterocycles. The van der Waals surface area contributed by atoms with Crippen LogP contribution in [0, 0.1) is 26.7 Å². The number of benzene rings is 3. The van der Waals surface area contributed by atoms with E-state index in [9.17, 15) is 19.2 Å². The zero-order valence-corrected chi connectivity index (χ0v) is 31.1. The Morgan fingerprint density at radius 1 is 0.673 bits per heavy atom. The van der Waals surface area contributed by atoms with Gasteiger partial charge in [-0.15, -0.1) is 0 Å². The summed E-state index contributed by atoms with van der Waals surface area (Å²) in [4.78, 5) is 52.8. The lowest BCUT2D eigenvalue weighted by Gasteiger charge is -2.39. The van der Waals surface area contributed by atoms with Gasteiger partial charge in [0, 0.05) is 41.2 Å². The zero-order chi connectivity index (χ0) is 37.0. The number of nitrogen functional groups attached to an aromatic ring is 1. The van der Waals surface area contributed by atoms with E-state index in [0.29, 0.717) is 28.9 Å². The fraction of sp³-hybridized carbons (Fsp3) is 0.450. The first-order valence-corrected chi connectivity index (χ1v) is 16.8. The van der Waals surface area contributed by atoms with E-state index >= 15 is 0 Å². The number of ether oxygens (including phenoxy) is 2. The molecule has 3 aromatic carbocycles. The number of anilines is 3. The summed E-state index contributed by atoms with van der Waals surface area (Å²) in [5, 5.41) is 0. The van der Waals surface area contributed by atoms with E-state index in [1.807, 2.05) is 132 Å². The Morgan fingerprint density at radius 3 is 1.59 bits per heavy atom. The molecule has 264 valence electrons. The van der Waals surface area contributed by atoms with Crippen molar-refractivity contribution in [1.82, 2.24) is 0 Å². The van der Waals surface area contributed by atoms with Gasteiger partial charge in [0.25, 0.3) is 0 Å². The fourth-order valence-electron chi connectivity index (χ4n) is 5.70. The number of fused-ring (bicyclic) bond motifs is 2. The van der Waals surface area contributed by atoms with Crippen LogP contribution < -0.4 is 15.5 Å². The Labute approximate surface area is 291 Å². The second-order valence-corrected chi connectivity index (χ2v) is 14.9. The summed E-state index contributed by atoms with van der Waals surface area (Å²) in [6, 6.07) is 18.5. The summed E-state index contributed by atoms with van der Waals surface area (Å²) >= 11 is 0. The molecule has 0 bridgehead atoms.